The lowest BCUT2D eigenvalue weighted by Crippen LogP contribution is -2.56. The Kier molecular flexibility index (Phi) is 4.28. The number of ether oxygens (including phenoxy) is 1. The molecule has 1 N–H and O–H groups in total. The van der Waals surface area contributed by atoms with Crippen molar-refractivity contribution in [1.29, 1.82) is 0 Å². The maximum atomic E-state index is 12.8. The van der Waals surface area contributed by atoms with Crippen molar-refractivity contribution in [1.82, 2.24) is 10.3 Å². The first-order valence-corrected chi connectivity index (χ1v) is 7.91. The normalized spacial score (nSPS) is 16.7. The van der Waals surface area contributed by atoms with Gasteiger partial charge in [-0.15, -0.1) is 0 Å². The SMILES string of the molecule is COC(=O)C1(NC(=O)c2ccnc3ccccc23)CCCCC1. The topological polar surface area (TPSA) is 68.3 Å². The molecule has 5 nitrogen and oxygen atoms in total. The summed E-state index contributed by atoms with van der Waals surface area (Å²) in [6, 6.07) is 9.17. The lowest BCUT2D eigenvalue weighted by Gasteiger charge is -2.35. The van der Waals surface area contributed by atoms with Crippen molar-refractivity contribution in [3.8, 4) is 0 Å². The predicted molar refractivity (Wildman–Crippen MR) is 87.0 cm³/mol. The second-order valence-electron chi connectivity index (χ2n) is 5.96. The third-order valence-corrected chi connectivity index (χ3v) is 4.53. The number of methoxy groups -OCH3 is 1. The smallest absolute Gasteiger partial charge is 0.331 e. The number of hydrogen-bond acceptors (Lipinski definition) is 4. The minimum absolute atomic E-state index is 0.254. The lowest BCUT2D eigenvalue weighted by atomic mass is 9.81. The molecule has 0 spiro atoms. The van der Waals surface area contributed by atoms with Gasteiger partial charge < -0.3 is 10.1 Å². The molecule has 0 saturated heterocycles. The number of hydrogen-bond donors (Lipinski definition) is 1. The molecule has 0 unspecified atom stereocenters. The van der Waals surface area contributed by atoms with Gasteiger partial charge in [-0.2, -0.15) is 0 Å². The molecule has 1 aromatic heterocycles. The molecule has 1 aliphatic rings. The number of nitrogens with zero attached hydrogens (tertiary/aromatic N) is 1. The molecule has 5 heteroatoms. The Morgan fingerprint density at radius 3 is 2.61 bits per heavy atom. The van der Waals surface area contributed by atoms with E-state index in [0.717, 1.165) is 30.2 Å². The van der Waals surface area contributed by atoms with Crippen molar-refractivity contribution in [3.05, 3.63) is 42.1 Å². The summed E-state index contributed by atoms with van der Waals surface area (Å²) in [5.41, 5.74) is 0.384. The van der Waals surface area contributed by atoms with E-state index in [4.69, 9.17) is 4.74 Å². The third-order valence-electron chi connectivity index (χ3n) is 4.53. The van der Waals surface area contributed by atoms with Crippen LogP contribution >= 0.6 is 0 Å². The summed E-state index contributed by atoms with van der Waals surface area (Å²) in [6.07, 6.45) is 5.75. The average molecular weight is 312 g/mol. The lowest BCUT2D eigenvalue weighted by molar-refractivity contribution is -0.149. The average Bonchev–Trinajstić information content (AvgIpc) is 2.61. The molecule has 0 atom stereocenters. The fraction of sp³-hybridized carbons (Fsp3) is 0.389. The van der Waals surface area contributed by atoms with Crippen LogP contribution in [0.1, 0.15) is 42.5 Å². The van der Waals surface area contributed by atoms with Gasteiger partial charge in [-0.25, -0.2) is 4.79 Å². The molecule has 1 fully saturated rings. The van der Waals surface area contributed by atoms with Crippen LogP contribution in [0.5, 0.6) is 0 Å². The van der Waals surface area contributed by atoms with E-state index in [1.54, 1.807) is 12.3 Å². The zero-order valence-corrected chi connectivity index (χ0v) is 13.2. The van der Waals surface area contributed by atoms with Crippen LogP contribution in [0.2, 0.25) is 0 Å². The number of carbonyl (C=O) groups excluding carboxylic acids is 2. The van der Waals surface area contributed by atoms with E-state index < -0.39 is 5.54 Å². The molecule has 1 saturated carbocycles. The quantitative estimate of drug-likeness (QED) is 0.885. The molecule has 120 valence electrons. The first-order valence-electron chi connectivity index (χ1n) is 7.91. The number of aromatic nitrogens is 1. The van der Waals surface area contributed by atoms with Crippen LogP contribution in [0.3, 0.4) is 0 Å². The molecule has 0 bridgehead atoms. The summed E-state index contributed by atoms with van der Waals surface area (Å²) in [6.45, 7) is 0. The number of fused-ring (bicyclic) bond motifs is 1. The summed E-state index contributed by atoms with van der Waals surface area (Å²) in [5, 5.41) is 3.73. The highest BCUT2D eigenvalue weighted by atomic mass is 16.5. The van der Waals surface area contributed by atoms with Gasteiger partial charge >= 0.3 is 5.97 Å². The van der Waals surface area contributed by atoms with Crippen molar-refractivity contribution in [2.24, 2.45) is 0 Å². The molecule has 0 radical (unpaired) electrons. The van der Waals surface area contributed by atoms with Crippen LogP contribution in [0.15, 0.2) is 36.5 Å². The first-order chi connectivity index (χ1) is 11.2. The van der Waals surface area contributed by atoms with Gasteiger partial charge in [0.25, 0.3) is 5.91 Å². The predicted octanol–water partition coefficient (Wildman–Crippen LogP) is 2.84. The zero-order valence-electron chi connectivity index (χ0n) is 13.2. The van der Waals surface area contributed by atoms with Gasteiger partial charge in [-0.1, -0.05) is 37.5 Å². The number of benzene rings is 1. The molecule has 1 aliphatic carbocycles. The minimum Gasteiger partial charge on any atom is -0.467 e. The Morgan fingerprint density at radius 2 is 1.87 bits per heavy atom. The summed E-state index contributed by atoms with van der Waals surface area (Å²) in [7, 11) is 1.37. The Bertz CT molecular complexity index is 731. The van der Waals surface area contributed by atoms with Crippen LogP contribution in [-0.2, 0) is 9.53 Å². The monoisotopic (exact) mass is 312 g/mol. The Balaban J connectivity index is 1.94. The fourth-order valence-corrected chi connectivity index (χ4v) is 3.31. The van der Waals surface area contributed by atoms with Gasteiger partial charge in [0.05, 0.1) is 18.2 Å². The number of para-hydroxylation sites is 1. The number of carbonyl (C=O) groups is 2. The molecule has 23 heavy (non-hydrogen) atoms. The standard InChI is InChI=1S/C18H20N2O3/c1-23-17(22)18(10-5-2-6-11-18)20-16(21)14-9-12-19-15-8-4-3-7-13(14)15/h3-4,7-9,12H,2,5-6,10-11H2,1H3,(H,20,21). The van der Waals surface area contributed by atoms with Crippen LogP contribution in [0.25, 0.3) is 10.9 Å². The van der Waals surface area contributed by atoms with Gasteiger partial charge in [0.1, 0.15) is 5.54 Å². The van der Waals surface area contributed by atoms with Crippen LogP contribution in [-0.4, -0.2) is 29.5 Å². The molecule has 1 aromatic carbocycles. The van der Waals surface area contributed by atoms with Crippen molar-refractivity contribution in [2.45, 2.75) is 37.6 Å². The Hall–Kier alpha value is -2.43. The molecule has 2 aromatic rings. The number of rotatable bonds is 3. The van der Waals surface area contributed by atoms with E-state index >= 15 is 0 Å². The highest BCUT2D eigenvalue weighted by molar-refractivity contribution is 6.07. The number of nitrogens with one attached hydrogen (secondary N) is 1. The summed E-state index contributed by atoms with van der Waals surface area (Å²) < 4.78 is 4.95. The van der Waals surface area contributed by atoms with E-state index in [2.05, 4.69) is 10.3 Å². The molecule has 3 rings (SSSR count). The second kappa shape index (κ2) is 6.36. The van der Waals surface area contributed by atoms with E-state index in [1.165, 1.54) is 7.11 Å². The van der Waals surface area contributed by atoms with Gasteiger partial charge in [-0.05, 0) is 25.0 Å². The van der Waals surface area contributed by atoms with Crippen molar-refractivity contribution >= 4 is 22.8 Å². The third kappa shape index (κ3) is 2.91. The van der Waals surface area contributed by atoms with Crippen LogP contribution in [0.4, 0.5) is 0 Å². The Labute approximate surface area is 135 Å². The molecule has 0 aliphatic heterocycles. The largest absolute Gasteiger partial charge is 0.467 e. The fourth-order valence-electron chi connectivity index (χ4n) is 3.31. The van der Waals surface area contributed by atoms with Gasteiger partial charge in [0.2, 0.25) is 0 Å². The zero-order chi connectivity index (χ0) is 16.3. The van der Waals surface area contributed by atoms with E-state index in [-0.39, 0.29) is 11.9 Å². The number of amides is 1. The van der Waals surface area contributed by atoms with Crippen molar-refractivity contribution < 1.29 is 14.3 Å². The Morgan fingerprint density at radius 1 is 1.13 bits per heavy atom. The van der Waals surface area contributed by atoms with Crippen molar-refractivity contribution in [2.75, 3.05) is 7.11 Å². The molecule has 1 heterocycles. The second-order valence-corrected chi connectivity index (χ2v) is 5.96. The number of pyridine rings is 1. The minimum atomic E-state index is -0.908. The van der Waals surface area contributed by atoms with E-state index in [1.807, 2.05) is 24.3 Å². The van der Waals surface area contributed by atoms with Gasteiger partial charge in [-0.3, -0.25) is 9.78 Å². The van der Waals surface area contributed by atoms with Gasteiger partial charge in [0.15, 0.2) is 0 Å². The molecular formula is C18H20N2O3. The molecule has 1 amide bonds. The highest BCUT2D eigenvalue weighted by Gasteiger charge is 2.42. The highest BCUT2D eigenvalue weighted by Crippen LogP contribution is 2.30. The summed E-state index contributed by atoms with van der Waals surface area (Å²) >= 11 is 0. The summed E-state index contributed by atoms with van der Waals surface area (Å²) in [5.74, 6) is -0.611. The van der Waals surface area contributed by atoms with Crippen molar-refractivity contribution in [3.63, 3.8) is 0 Å². The van der Waals surface area contributed by atoms with Gasteiger partial charge in [0, 0.05) is 11.6 Å². The van der Waals surface area contributed by atoms with E-state index in [9.17, 15) is 9.59 Å². The molecular weight excluding hydrogens is 292 g/mol. The van der Waals surface area contributed by atoms with Crippen LogP contribution < -0.4 is 5.32 Å². The maximum Gasteiger partial charge on any atom is 0.331 e. The maximum absolute atomic E-state index is 12.8. The number of esters is 1. The first kappa shape index (κ1) is 15.5. The summed E-state index contributed by atoms with van der Waals surface area (Å²) in [4.78, 5) is 29.3. The van der Waals surface area contributed by atoms with Crippen LogP contribution in [0, 0.1) is 0 Å². The van der Waals surface area contributed by atoms with E-state index in [0.29, 0.717) is 18.4 Å².